The average Bonchev–Trinajstić information content (AvgIpc) is 3.48. The van der Waals surface area contributed by atoms with Gasteiger partial charge >= 0.3 is 0 Å². The Morgan fingerprint density at radius 3 is 2.38 bits per heavy atom. The molecule has 0 atom stereocenters. The molecule has 1 fully saturated rings. The summed E-state index contributed by atoms with van der Waals surface area (Å²) in [6.45, 7) is 1.77. The summed E-state index contributed by atoms with van der Waals surface area (Å²) < 4.78 is 28.6. The summed E-state index contributed by atoms with van der Waals surface area (Å²) >= 11 is 0. The van der Waals surface area contributed by atoms with Gasteiger partial charge in [-0.25, -0.2) is 13.5 Å². The topological polar surface area (TPSA) is 64.0 Å². The molecule has 148 valence electrons. The molecule has 5 nitrogen and oxygen atoms in total. The maximum absolute atomic E-state index is 13.7. The second-order valence-electron chi connectivity index (χ2n) is 7.23. The Kier molecular flexibility index (Phi) is 4.96. The molecule has 1 aliphatic carbocycles. The van der Waals surface area contributed by atoms with Gasteiger partial charge in [0.25, 0.3) is 5.56 Å². The van der Waals surface area contributed by atoms with E-state index in [-0.39, 0.29) is 22.7 Å². The van der Waals surface area contributed by atoms with Gasteiger partial charge in [0.15, 0.2) is 5.78 Å². The first-order valence-electron chi connectivity index (χ1n) is 9.37. The Morgan fingerprint density at radius 2 is 1.79 bits per heavy atom. The van der Waals surface area contributed by atoms with Gasteiger partial charge in [-0.15, -0.1) is 0 Å². The van der Waals surface area contributed by atoms with E-state index in [0.29, 0.717) is 23.7 Å². The highest BCUT2D eigenvalue weighted by Crippen LogP contribution is 2.32. The maximum atomic E-state index is 13.7. The summed E-state index contributed by atoms with van der Waals surface area (Å²) in [4.78, 5) is 25.6. The fourth-order valence-corrected chi connectivity index (χ4v) is 3.27. The van der Waals surface area contributed by atoms with E-state index in [4.69, 9.17) is 0 Å². The molecule has 29 heavy (non-hydrogen) atoms. The number of hydrogen-bond donors (Lipinski definition) is 1. The highest BCUT2D eigenvalue weighted by Gasteiger charge is 2.27. The molecule has 0 aliphatic heterocycles. The molecule has 0 radical (unpaired) electrons. The van der Waals surface area contributed by atoms with Crippen molar-refractivity contribution in [1.82, 2.24) is 9.78 Å². The first-order valence-corrected chi connectivity index (χ1v) is 9.37. The molecular formula is C22H19F2N3O2. The van der Waals surface area contributed by atoms with E-state index in [1.807, 2.05) is 18.2 Å². The molecule has 1 saturated carbocycles. The number of benzene rings is 2. The van der Waals surface area contributed by atoms with Crippen molar-refractivity contribution in [3.8, 4) is 11.3 Å². The van der Waals surface area contributed by atoms with Crippen molar-refractivity contribution in [1.29, 1.82) is 0 Å². The van der Waals surface area contributed by atoms with Crippen molar-refractivity contribution in [3.05, 3.63) is 76.1 Å². The average molecular weight is 395 g/mol. The van der Waals surface area contributed by atoms with E-state index in [1.165, 1.54) is 11.6 Å². The van der Waals surface area contributed by atoms with Crippen LogP contribution in [0.5, 0.6) is 0 Å². The molecule has 0 amide bonds. The molecule has 1 aromatic heterocycles. The van der Waals surface area contributed by atoms with Gasteiger partial charge in [0.2, 0.25) is 0 Å². The van der Waals surface area contributed by atoms with Gasteiger partial charge in [0.05, 0.1) is 5.56 Å². The summed E-state index contributed by atoms with van der Waals surface area (Å²) in [6.07, 6.45) is 2.03. The summed E-state index contributed by atoms with van der Waals surface area (Å²) in [5.41, 5.74) is 0.653. The fourth-order valence-electron chi connectivity index (χ4n) is 3.27. The number of ketones is 1. The number of halogens is 2. The predicted octanol–water partition coefficient (Wildman–Crippen LogP) is 4.54. The van der Waals surface area contributed by atoms with Crippen molar-refractivity contribution in [2.24, 2.45) is 5.92 Å². The maximum Gasteiger partial charge on any atom is 0.291 e. The number of rotatable bonds is 6. The van der Waals surface area contributed by atoms with Gasteiger partial charge in [-0.05, 0) is 37.8 Å². The van der Waals surface area contributed by atoms with Gasteiger partial charge in [-0.2, -0.15) is 5.10 Å². The molecule has 1 aliphatic rings. The van der Waals surface area contributed by atoms with E-state index in [0.717, 1.165) is 31.0 Å². The van der Waals surface area contributed by atoms with Crippen molar-refractivity contribution in [3.63, 3.8) is 0 Å². The van der Waals surface area contributed by atoms with Crippen LogP contribution in [0.2, 0.25) is 0 Å². The lowest BCUT2D eigenvalue weighted by molar-refractivity contribution is 0.101. The van der Waals surface area contributed by atoms with Crippen molar-refractivity contribution >= 4 is 17.2 Å². The zero-order valence-electron chi connectivity index (χ0n) is 15.8. The highest BCUT2D eigenvalue weighted by molar-refractivity contribution is 6.05. The minimum atomic E-state index is -0.785. The number of nitrogens with zero attached hydrogens (tertiary/aromatic N) is 2. The normalized spacial score (nSPS) is 13.3. The highest BCUT2D eigenvalue weighted by atomic mass is 19.1. The molecule has 3 aromatic rings. The Balaban J connectivity index is 1.93. The minimum absolute atomic E-state index is 0.0306. The quantitative estimate of drug-likeness (QED) is 0.622. The van der Waals surface area contributed by atoms with Crippen LogP contribution in [0.25, 0.3) is 11.3 Å². The number of Topliss-reactive ketones (excluding diaryl/α,β-unsaturated/α-hetero) is 1. The Hall–Kier alpha value is -3.35. The van der Waals surface area contributed by atoms with Crippen molar-refractivity contribution in [2.45, 2.75) is 26.3 Å². The SMILES string of the molecule is CC(=O)c1c(-c2ccccc2)nn(CC2CC2)c(=O)c1Nc1cc(F)cc(F)c1. The molecule has 0 spiro atoms. The lowest BCUT2D eigenvalue weighted by Crippen LogP contribution is -2.29. The third-order valence-electron chi connectivity index (χ3n) is 4.82. The zero-order valence-corrected chi connectivity index (χ0v) is 15.8. The summed E-state index contributed by atoms with van der Waals surface area (Å²) in [7, 11) is 0. The number of hydrogen-bond acceptors (Lipinski definition) is 4. The Bertz CT molecular complexity index is 1120. The second-order valence-corrected chi connectivity index (χ2v) is 7.23. The summed E-state index contributed by atoms with van der Waals surface area (Å²) in [6, 6.07) is 11.9. The van der Waals surface area contributed by atoms with E-state index in [1.54, 1.807) is 12.1 Å². The van der Waals surface area contributed by atoms with Gasteiger partial charge < -0.3 is 5.32 Å². The predicted molar refractivity (Wildman–Crippen MR) is 106 cm³/mol. The summed E-state index contributed by atoms with van der Waals surface area (Å²) in [5, 5.41) is 7.25. The van der Waals surface area contributed by atoms with Crippen LogP contribution in [0, 0.1) is 17.6 Å². The van der Waals surface area contributed by atoms with Crippen LogP contribution in [-0.2, 0) is 6.54 Å². The third kappa shape index (κ3) is 4.08. The van der Waals surface area contributed by atoms with E-state index < -0.39 is 17.2 Å². The van der Waals surface area contributed by atoms with Crippen molar-refractivity contribution < 1.29 is 13.6 Å². The molecule has 0 unspecified atom stereocenters. The van der Waals surface area contributed by atoms with Crippen LogP contribution in [0.1, 0.15) is 30.1 Å². The lowest BCUT2D eigenvalue weighted by atomic mass is 10.0. The number of carbonyl (C=O) groups is 1. The van der Waals surface area contributed by atoms with E-state index >= 15 is 0 Å². The first kappa shape index (κ1) is 19.0. The molecule has 0 bridgehead atoms. The smallest absolute Gasteiger partial charge is 0.291 e. The molecule has 1 N–H and O–H groups in total. The van der Waals surface area contributed by atoms with E-state index in [2.05, 4.69) is 10.4 Å². The Labute approximate surface area is 166 Å². The third-order valence-corrected chi connectivity index (χ3v) is 4.82. The van der Waals surface area contributed by atoms with Crippen molar-refractivity contribution in [2.75, 3.05) is 5.32 Å². The van der Waals surface area contributed by atoms with Crippen LogP contribution in [-0.4, -0.2) is 15.6 Å². The number of aromatic nitrogens is 2. The first-order chi connectivity index (χ1) is 13.9. The lowest BCUT2D eigenvalue weighted by Gasteiger charge is -2.17. The second kappa shape index (κ2) is 7.58. The van der Waals surface area contributed by atoms with Crippen LogP contribution < -0.4 is 10.9 Å². The van der Waals surface area contributed by atoms with Gasteiger partial charge in [-0.1, -0.05) is 30.3 Å². The van der Waals surface area contributed by atoms with Crippen LogP contribution >= 0.6 is 0 Å². The molecular weight excluding hydrogens is 376 g/mol. The number of nitrogens with one attached hydrogen (secondary N) is 1. The molecule has 2 aromatic carbocycles. The van der Waals surface area contributed by atoms with Crippen LogP contribution in [0.15, 0.2) is 53.3 Å². The van der Waals surface area contributed by atoms with Crippen LogP contribution in [0.3, 0.4) is 0 Å². The fraction of sp³-hybridized carbons (Fsp3) is 0.227. The molecule has 1 heterocycles. The largest absolute Gasteiger partial charge is 0.350 e. The van der Waals surface area contributed by atoms with Gasteiger partial charge in [0, 0.05) is 23.9 Å². The van der Waals surface area contributed by atoms with Gasteiger partial charge in [-0.3, -0.25) is 9.59 Å². The minimum Gasteiger partial charge on any atom is -0.350 e. The van der Waals surface area contributed by atoms with Crippen LogP contribution in [0.4, 0.5) is 20.2 Å². The molecule has 7 heteroatoms. The zero-order chi connectivity index (χ0) is 20.5. The monoisotopic (exact) mass is 395 g/mol. The molecule has 0 saturated heterocycles. The van der Waals surface area contributed by atoms with Gasteiger partial charge in [0.1, 0.15) is 23.0 Å². The Morgan fingerprint density at radius 1 is 1.14 bits per heavy atom. The number of carbonyl (C=O) groups excluding carboxylic acids is 1. The summed E-state index contributed by atoms with van der Waals surface area (Å²) in [5.74, 6) is -1.57. The number of anilines is 2. The van der Waals surface area contributed by atoms with E-state index in [9.17, 15) is 18.4 Å². The molecule has 4 rings (SSSR count). The standard InChI is InChI=1S/C22H19F2N3O2/c1-13(28)19-20(15-5-3-2-4-6-15)26-27(12-14-7-8-14)22(29)21(19)25-18-10-16(23)9-17(24)11-18/h2-6,9-11,14,25H,7-8,12H2,1H3.